The molecule has 0 saturated carbocycles. The summed E-state index contributed by atoms with van der Waals surface area (Å²) in [5.74, 6) is -0.228. The number of nitrogens with zero attached hydrogens (tertiary/aromatic N) is 1. The van der Waals surface area contributed by atoms with Crippen LogP contribution in [0.2, 0.25) is 5.02 Å². The molecule has 0 bridgehead atoms. The lowest BCUT2D eigenvalue weighted by molar-refractivity contribution is -0.140. The second kappa shape index (κ2) is 6.47. The van der Waals surface area contributed by atoms with Gasteiger partial charge in [-0.2, -0.15) is 0 Å². The van der Waals surface area contributed by atoms with Crippen LogP contribution in [0.5, 0.6) is 0 Å². The number of hydrogen-bond donors (Lipinski definition) is 0. The van der Waals surface area contributed by atoms with Gasteiger partial charge in [0.15, 0.2) is 0 Å². The van der Waals surface area contributed by atoms with Gasteiger partial charge < -0.3 is 4.74 Å². The third-order valence-electron chi connectivity index (χ3n) is 1.77. The Morgan fingerprint density at radius 3 is 3.00 bits per heavy atom. The number of ether oxygens (including phenoxy) is 1. The summed E-state index contributed by atoms with van der Waals surface area (Å²) >= 11 is 10.8. The molecule has 6 heteroatoms. The van der Waals surface area contributed by atoms with Crippen LogP contribution in [-0.4, -0.2) is 23.3 Å². The number of halogens is 2. The Bertz CT molecular complexity index is 389. The normalized spacial score (nSPS) is 12.2. The molecule has 16 heavy (non-hydrogen) atoms. The van der Waals surface area contributed by atoms with Gasteiger partial charge >= 0.3 is 5.97 Å². The molecule has 0 aliphatic carbocycles. The molecule has 1 rings (SSSR count). The molecule has 3 nitrogen and oxygen atoms in total. The van der Waals surface area contributed by atoms with Crippen LogP contribution in [0.25, 0.3) is 0 Å². The van der Waals surface area contributed by atoms with Crippen molar-refractivity contribution < 1.29 is 9.53 Å². The summed E-state index contributed by atoms with van der Waals surface area (Å²) in [5.41, 5.74) is 0. The Kier molecular flexibility index (Phi) is 5.58. The molecule has 88 valence electrons. The van der Waals surface area contributed by atoms with Crippen LogP contribution in [0.4, 0.5) is 0 Å². The number of pyridine rings is 1. The number of methoxy groups -OCH3 is 1. The number of aromatic nitrogens is 1. The van der Waals surface area contributed by atoms with E-state index < -0.39 is 0 Å². The standard InChI is InChI=1S/C10H11BrClNO2S/c1-6(3-9(14)15-2)16-10-8(12)4-7(11)5-13-10/h4-6H,3H2,1-2H3. The summed E-state index contributed by atoms with van der Waals surface area (Å²) in [6.45, 7) is 1.93. The van der Waals surface area contributed by atoms with E-state index in [4.69, 9.17) is 11.6 Å². The van der Waals surface area contributed by atoms with E-state index >= 15 is 0 Å². The molecular weight excluding hydrogens is 314 g/mol. The van der Waals surface area contributed by atoms with E-state index in [1.807, 2.05) is 6.92 Å². The second-order valence-corrected chi connectivity index (χ2v) is 5.90. The number of thioether (sulfide) groups is 1. The number of hydrogen-bond acceptors (Lipinski definition) is 4. The van der Waals surface area contributed by atoms with Crippen molar-refractivity contribution >= 4 is 45.3 Å². The van der Waals surface area contributed by atoms with Crippen molar-refractivity contribution in [2.45, 2.75) is 23.6 Å². The summed E-state index contributed by atoms with van der Waals surface area (Å²) < 4.78 is 5.43. The zero-order valence-corrected chi connectivity index (χ0v) is 12.0. The summed E-state index contributed by atoms with van der Waals surface area (Å²) in [5, 5.41) is 1.39. The zero-order valence-electron chi connectivity index (χ0n) is 8.87. The van der Waals surface area contributed by atoms with Gasteiger partial charge in [0.2, 0.25) is 0 Å². The first-order valence-corrected chi connectivity index (χ1v) is 6.62. The van der Waals surface area contributed by atoms with E-state index in [-0.39, 0.29) is 11.2 Å². The average Bonchev–Trinajstić information content (AvgIpc) is 2.22. The topological polar surface area (TPSA) is 39.2 Å². The minimum atomic E-state index is -0.228. The fourth-order valence-corrected chi connectivity index (χ4v) is 2.69. The quantitative estimate of drug-likeness (QED) is 0.627. The van der Waals surface area contributed by atoms with Crippen molar-refractivity contribution in [1.29, 1.82) is 0 Å². The molecule has 1 aromatic heterocycles. The van der Waals surface area contributed by atoms with Gasteiger partial charge in [0.25, 0.3) is 0 Å². The maximum Gasteiger partial charge on any atom is 0.306 e. The summed E-state index contributed by atoms with van der Waals surface area (Å²) in [7, 11) is 1.38. The number of rotatable bonds is 4. The van der Waals surface area contributed by atoms with Crippen molar-refractivity contribution in [2.75, 3.05) is 7.11 Å². The van der Waals surface area contributed by atoms with Crippen molar-refractivity contribution in [3.05, 3.63) is 21.8 Å². The Labute approximate surface area is 112 Å². The first kappa shape index (κ1) is 13.8. The highest BCUT2D eigenvalue weighted by Crippen LogP contribution is 2.31. The fraction of sp³-hybridized carbons (Fsp3) is 0.400. The number of esters is 1. The highest BCUT2D eigenvalue weighted by atomic mass is 79.9. The van der Waals surface area contributed by atoms with Crippen LogP contribution >= 0.6 is 39.3 Å². The first-order chi connectivity index (χ1) is 7.52. The average molecular weight is 325 g/mol. The monoisotopic (exact) mass is 323 g/mol. The molecule has 0 spiro atoms. The van der Waals surface area contributed by atoms with Crippen LogP contribution in [0.1, 0.15) is 13.3 Å². The number of carbonyl (C=O) groups is 1. The van der Waals surface area contributed by atoms with E-state index in [9.17, 15) is 4.79 Å². The van der Waals surface area contributed by atoms with E-state index in [1.165, 1.54) is 18.9 Å². The lowest BCUT2D eigenvalue weighted by atomic mass is 10.3. The molecular formula is C10H11BrClNO2S. The molecule has 1 aromatic rings. The Morgan fingerprint density at radius 1 is 1.75 bits per heavy atom. The molecule has 0 aromatic carbocycles. The lowest BCUT2D eigenvalue weighted by Gasteiger charge is -2.10. The van der Waals surface area contributed by atoms with Crippen LogP contribution < -0.4 is 0 Å². The van der Waals surface area contributed by atoms with E-state index in [1.54, 1.807) is 12.3 Å². The van der Waals surface area contributed by atoms with Gasteiger partial charge in [0.1, 0.15) is 5.03 Å². The molecule has 0 radical (unpaired) electrons. The third kappa shape index (κ3) is 4.31. The molecule has 0 aliphatic heterocycles. The van der Waals surface area contributed by atoms with Gasteiger partial charge in [-0.3, -0.25) is 4.79 Å². The molecule has 0 amide bonds. The van der Waals surface area contributed by atoms with Gasteiger partial charge in [-0.15, -0.1) is 11.8 Å². The Hall–Kier alpha value is -0.260. The molecule has 0 aliphatic rings. The van der Waals surface area contributed by atoms with E-state index in [0.717, 1.165) is 9.50 Å². The molecule has 0 fully saturated rings. The largest absolute Gasteiger partial charge is 0.469 e. The Balaban J connectivity index is 2.62. The highest BCUT2D eigenvalue weighted by Gasteiger charge is 2.13. The van der Waals surface area contributed by atoms with Gasteiger partial charge in [-0.1, -0.05) is 18.5 Å². The molecule has 1 heterocycles. The first-order valence-electron chi connectivity index (χ1n) is 4.57. The molecule has 0 N–H and O–H groups in total. The SMILES string of the molecule is COC(=O)CC(C)Sc1ncc(Br)cc1Cl. The predicted octanol–water partition coefficient (Wildman–Crippen LogP) is 3.54. The van der Waals surface area contributed by atoms with Crippen LogP contribution in [0.3, 0.4) is 0 Å². The minimum Gasteiger partial charge on any atom is -0.469 e. The van der Waals surface area contributed by atoms with Crippen molar-refractivity contribution in [3.63, 3.8) is 0 Å². The maximum absolute atomic E-state index is 11.1. The van der Waals surface area contributed by atoms with Crippen LogP contribution in [0.15, 0.2) is 21.8 Å². The summed E-state index contributed by atoms with van der Waals surface area (Å²) in [4.78, 5) is 15.2. The van der Waals surface area contributed by atoms with Gasteiger partial charge in [-0.25, -0.2) is 4.98 Å². The molecule has 0 saturated heterocycles. The van der Waals surface area contributed by atoms with E-state index in [0.29, 0.717) is 11.4 Å². The van der Waals surface area contributed by atoms with Gasteiger partial charge in [0, 0.05) is 15.9 Å². The third-order valence-corrected chi connectivity index (χ3v) is 3.72. The van der Waals surface area contributed by atoms with E-state index in [2.05, 4.69) is 25.7 Å². The maximum atomic E-state index is 11.1. The fourth-order valence-electron chi connectivity index (χ4n) is 1.04. The minimum absolute atomic E-state index is 0.0821. The zero-order chi connectivity index (χ0) is 12.1. The highest BCUT2D eigenvalue weighted by molar-refractivity contribution is 9.10. The van der Waals surface area contributed by atoms with Gasteiger partial charge in [-0.05, 0) is 22.0 Å². The van der Waals surface area contributed by atoms with Crippen molar-refractivity contribution in [1.82, 2.24) is 4.98 Å². The molecule has 1 unspecified atom stereocenters. The summed E-state index contributed by atoms with van der Waals surface area (Å²) in [6.07, 6.45) is 2.02. The number of carbonyl (C=O) groups excluding carboxylic acids is 1. The van der Waals surface area contributed by atoms with Crippen LogP contribution in [-0.2, 0) is 9.53 Å². The summed E-state index contributed by atoms with van der Waals surface area (Å²) in [6, 6.07) is 1.78. The van der Waals surface area contributed by atoms with Crippen molar-refractivity contribution in [2.24, 2.45) is 0 Å². The smallest absolute Gasteiger partial charge is 0.306 e. The predicted molar refractivity (Wildman–Crippen MR) is 68.9 cm³/mol. The van der Waals surface area contributed by atoms with Gasteiger partial charge in [0.05, 0.1) is 18.6 Å². The molecule has 1 atom stereocenters. The lowest BCUT2D eigenvalue weighted by Crippen LogP contribution is -2.08. The van der Waals surface area contributed by atoms with Crippen LogP contribution in [0, 0.1) is 0 Å². The van der Waals surface area contributed by atoms with Crippen molar-refractivity contribution in [3.8, 4) is 0 Å². The Morgan fingerprint density at radius 2 is 2.44 bits per heavy atom. The second-order valence-electron chi connectivity index (χ2n) is 3.15.